The van der Waals surface area contributed by atoms with E-state index in [0.29, 0.717) is 5.69 Å². The maximum Gasteiger partial charge on any atom is 0.147 e. The number of aromatic nitrogens is 1. The van der Waals surface area contributed by atoms with Crippen molar-refractivity contribution in [2.75, 3.05) is 17.2 Å². The summed E-state index contributed by atoms with van der Waals surface area (Å²) >= 11 is 3.52. The molecule has 0 radical (unpaired) electrons. The van der Waals surface area contributed by atoms with Crippen molar-refractivity contribution in [3.8, 4) is 0 Å². The zero-order valence-corrected chi connectivity index (χ0v) is 10.8. The van der Waals surface area contributed by atoms with Crippen LogP contribution in [0.15, 0.2) is 41.0 Å². The van der Waals surface area contributed by atoms with Gasteiger partial charge < -0.3 is 10.6 Å². The molecule has 0 aliphatic carbocycles. The van der Waals surface area contributed by atoms with Crippen molar-refractivity contribution in [1.82, 2.24) is 4.98 Å². The van der Waals surface area contributed by atoms with Crippen molar-refractivity contribution in [3.63, 3.8) is 0 Å². The SMILES string of the molecule is Nc1cnc(N2CCc3ccccc32)c(Br)c1. The molecule has 0 saturated heterocycles. The average Bonchev–Trinajstić information content (AvgIpc) is 2.73. The molecule has 2 N–H and O–H groups in total. The Morgan fingerprint density at radius 1 is 1.29 bits per heavy atom. The summed E-state index contributed by atoms with van der Waals surface area (Å²) in [6, 6.07) is 10.3. The van der Waals surface area contributed by atoms with Gasteiger partial charge in [0.1, 0.15) is 5.82 Å². The first-order chi connectivity index (χ1) is 8.25. The number of pyridine rings is 1. The molecule has 1 aromatic carbocycles. The minimum Gasteiger partial charge on any atom is -0.397 e. The molecule has 0 bridgehead atoms. The number of nitrogens with zero attached hydrogens (tertiary/aromatic N) is 2. The van der Waals surface area contributed by atoms with Crippen molar-refractivity contribution in [1.29, 1.82) is 0 Å². The number of nitrogens with two attached hydrogens (primary N) is 1. The van der Waals surface area contributed by atoms with Gasteiger partial charge in [-0.05, 0) is 40.0 Å². The minimum absolute atomic E-state index is 0.674. The standard InChI is InChI=1S/C13H12BrN3/c14-11-7-10(15)8-16-13(11)17-6-5-9-3-1-2-4-12(9)17/h1-4,7-8H,5-6,15H2. The predicted octanol–water partition coefficient (Wildman–Crippen LogP) is 3.12. The van der Waals surface area contributed by atoms with Crippen LogP contribution in [0.2, 0.25) is 0 Å². The topological polar surface area (TPSA) is 42.1 Å². The van der Waals surface area contributed by atoms with E-state index in [1.165, 1.54) is 11.3 Å². The molecule has 0 saturated carbocycles. The molecule has 4 heteroatoms. The normalized spacial score (nSPS) is 13.8. The first-order valence-electron chi connectivity index (χ1n) is 5.52. The minimum atomic E-state index is 0.674. The summed E-state index contributed by atoms with van der Waals surface area (Å²) < 4.78 is 0.939. The Bertz CT molecular complexity index is 568. The number of para-hydroxylation sites is 1. The number of benzene rings is 1. The Balaban J connectivity index is 2.07. The molecule has 1 aromatic heterocycles. The lowest BCUT2D eigenvalue weighted by molar-refractivity contribution is 0.971. The van der Waals surface area contributed by atoms with Crippen molar-refractivity contribution in [3.05, 3.63) is 46.6 Å². The van der Waals surface area contributed by atoms with E-state index < -0.39 is 0 Å². The first kappa shape index (κ1) is 10.6. The number of nitrogen functional groups attached to an aromatic ring is 1. The number of anilines is 3. The van der Waals surface area contributed by atoms with Crippen molar-refractivity contribution in [2.45, 2.75) is 6.42 Å². The Morgan fingerprint density at radius 2 is 2.12 bits per heavy atom. The second kappa shape index (κ2) is 4.04. The van der Waals surface area contributed by atoms with Crippen LogP contribution in [-0.2, 0) is 6.42 Å². The Morgan fingerprint density at radius 3 is 2.94 bits per heavy atom. The summed E-state index contributed by atoms with van der Waals surface area (Å²) in [4.78, 5) is 6.63. The third kappa shape index (κ3) is 1.78. The summed E-state index contributed by atoms with van der Waals surface area (Å²) in [6.07, 6.45) is 2.76. The Hall–Kier alpha value is -1.55. The molecule has 3 rings (SSSR count). The van der Waals surface area contributed by atoms with Gasteiger partial charge in [-0.2, -0.15) is 0 Å². The van der Waals surface area contributed by atoms with Crippen LogP contribution in [-0.4, -0.2) is 11.5 Å². The third-order valence-corrected chi connectivity index (χ3v) is 3.57. The molecule has 1 aliphatic rings. The van der Waals surface area contributed by atoms with Gasteiger partial charge in [-0.3, -0.25) is 0 Å². The lowest BCUT2D eigenvalue weighted by Crippen LogP contribution is -2.15. The summed E-state index contributed by atoms with van der Waals surface area (Å²) in [7, 11) is 0. The van der Waals surface area contributed by atoms with Gasteiger partial charge in [-0.1, -0.05) is 18.2 Å². The molecule has 0 fully saturated rings. The molecular formula is C13H12BrN3. The Labute approximate surface area is 108 Å². The molecule has 1 aliphatic heterocycles. The lowest BCUT2D eigenvalue weighted by Gasteiger charge is -2.19. The van der Waals surface area contributed by atoms with E-state index in [0.717, 1.165) is 23.3 Å². The van der Waals surface area contributed by atoms with E-state index in [-0.39, 0.29) is 0 Å². The van der Waals surface area contributed by atoms with Gasteiger partial charge in [-0.15, -0.1) is 0 Å². The van der Waals surface area contributed by atoms with Crippen LogP contribution >= 0.6 is 15.9 Å². The zero-order valence-electron chi connectivity index (χ0n) is 9.23. The van der Waals surface area contributed by atoms with E-state index in [1.807, 2.05) is 6.07 Å². The van der Waals surface area contributed by atoms with Crippen LogP contribution in [0.3, 0.4) is 0 Å². The maximum atomic E-state index is 5.71. The van der Waals surface area contributed by atoms with E-state index in [9.17, 15) is 0 Å². The molecule has 2 heterocycles. The van der Waals surface area contributed by atoms with E-state index in [4.69, 9.17) is 5.73 Å². The Kier molecular flexibility index (Phi) is 2.52. The van der Waals surface area contributed by atoms with Crippen LogP contribution in [0, 0.1) is 0 Å². The number of rotatable bonds is 1. The first-order valence-corrected chi connectivity index (χ1v) is 6.31. The van der Waals surface area contributed by atoms with Crippen molar-refractivity contribution < 1.29 is 0 Å². The molecule has 86 valence electrons. The maximum absolute atomic E-state index is 5.71. The molecule has 0 spiro atoms. The molecule has 3 nitrogen and oxygen atoms in total. The van der Waals surface area contributed by atoms with Gasteiger partial charge in [0.25, 0.3) is 0 Å². The summed E-state index contributed by atoms with van der Waals surface area (Å²) in [5.41, 5.74) is 9.00. The number of halogens is 1. The van der Waals surface area contributed by atoms with Crippen LogP contribution in [0.25, 0.3) is 0 Å². The fourth-order valence-electron chi connectivity index (χ4n) is 2.20. The second-order valence-electron chi connectivity index (χ2n) is 4.10. The monoisotopic (exact) mass is 289 g/mol. The van der Waals surface area contributed by atoms with Crippen molar-refractivity contribution >= 4 is 33.1 Å². The smallest absolute Gasteiger partial charge is 0.147 e. The summed E-state index contributed by atoms with van der Waals surface area (Å²) in [5.74, 6) is 0.934. The van der Waals surface area contributed by atoms with Crippen LogP contribution in [0.1, 0.15) is 5.56 Å². The quantitative estimate of drug-likeness (QED) is 0.877. The number of hydrogen-bond acceptors (Lipinski definition) is 3. The molecule has 0 unspecified atom stereocenters. The summed E-state index contributed by atoms with van der Waals surface area (Å²) in [5, 5.41) is 0. The van der Waals surface area contributed by atoms with E-state index >= 15 is 0 Å². The fraction of sp³-hybridized carbons (Fsp3) is 0.154. The lowest BCUT2D eigenvalue weighted by atomic mass is 10.2. The van der Waals surface area contributed by atoms with Gasteiger partial charge >= 0.3 is 0 Å². The van der Waals surface area contributed by atoms with Gasteiger partial charge in [-0.25, -0.2) is 4.98 Å². The zero-order chi connectivity index (χ0) is 11.8. The molecular weight excluding hydrogens is 278 g/mol. The van der Waals surface area contributed by atoms with Gasteiger partial charge in [0.15, 0.2) is 0 Å². The van der Waals surface area contributed by atoms with Crippen LogP contribution in [0.4, 0.5) is 17.2 Å². The molecule has 0 amide bonds. The van der Waals surface area contributed by atoms with Gasteiger partial charge in [0.05, 0.1) is 16.4 Å². The third-order valence-electron chi connectivity index (χ3n) is 2.99. The molecule has 0 atom stereocenters. The highest BCUT2D eigenvalue weighted by molar-refractivity contribution is 9.10. The molecule has 17 heavy (non-hydrogen) atoms. The number of fused-ring (bicyclic) bond motifs is 1. The molecule has 2 aromatic rings. The average molecular weight is 290 g/mol. The van der Waals surface area contributed by atoms with Crippen LogP contribution < -0.4 is 10.6 Å². The highest BCUT2D eigenvalue weighted by Crippen LogP contribution is 2.37. The fourth-order valence-corrected chi connectivity index (χ4v) is 2.78. The number of hydrogen-bond donors (Lipinski definition) is 1. The predicted molar refractivity (Wildman–Crippen MR) is 73.5 cm³/mol. The highest BCUT2D eigenvalue weighted by atomic mass is 79.9. The second-order valence-corrected chi connectivity index (χ2v) is 4.96. The van der Waals surface area contributed by atoms with Crippen molar-refractivity contribution in [2.24, 2.45) is 0 Å². The van der Waals surface area contributed by atoms with Gasteiger partial charge in [0.2, 0.25) is 0 Å². The summed E-state index contributed by atoms with van der Waals surface area (Å²) in [6.45, 7) is 0.967. The highest BCUT2D eigenvalue weighted by Gasteiger charge is 2.22. The van der Waals surface area contributed by atoms with Gasteiger partial charge in [0, 0.05) is 12.2 Å². The van der Waals surface area contributed by atoms with Crippen LogP contribution in [0.5, 0.6) is 0 Å². The van der Waals surface area contributed by atoms with E-state index in [1.54, 1.807) is 6.20 Å². The van der Waals surface area contributed by atoms with E-state index in [2.05, 4.69) is 50.1 Å². The largest absolute Gasteiger partial charge is 0.397 e.